The molecule has 1 aromatic heterocycles. The molecule has 2 heterocycles. The van der Waals surface area contributed by atoms with Crippen molar-refractivity contribution in [1.29, 1.82) is 0 Å². The van der Waals surface area contributed by atoms with Gasteiger partial charge in [-0.25, -0.2) is 9.67 Å². The minimum absolute atomic E-state index is 0.0166. The molecule has 0 aliphatic carbocycles. The summed E-state index contributed by atoms with van der Waals surface area (Å²) in [5, 5.41) is 4.49. The molecule has 1 fully saturated rings. The van der Waals surface area contributed by atoms with E-state index < -0.39 is 6.10 Å². The number of methoxy groups -OCH3 is 1. The van der Waals surface area contributed by atoms with Crippen LogP contribution in [0.1, 0.15) is 42.2 Å². The number of aryl methyl sites for hydroxylation is 2. The van der Waals surface area contributed by atoms with E-state index in [1.54, 1.807) is 7.11 Å². The summed E-state index contributed by atoms with van der Waals surface area (Å²) >= 11 is 0. The van der Waals surface area contributed by atoms with Crippen LogP contribution >= 0.6 is 0 Å². The quantitative estimate of drug-likeness (QED) is 0.865. The van der Waals surface area contributed by atoms with Gasteiger partial charge in [0.05, 0.1) is 6.04 Å². The Morgan fingerprint density at radius 3 is 2.67 bits per heavy atom. The second kappa shape index (κ2) is 7.13. The van der Waals surface area contributed by atoms with E-state index in [0.717, 1.165) is 36.6 Å². The molecular weight excluding hydrogens is 304 g/mol. The van der Waals surface area contributed by atoms with E-state index >= 15 is 0 Å². The molecule has 0 N–H and O–H groups in total. The molecule has 24 heavy (non-hydrogen) atoms. The predicted molar refractivity (Wildman–Crippen MR) is 90.5 cm³/mol. The number of carbonyl (C=O) groups is 1. The first-order valence-electron chi connectivity index (χ1n) is 8.36. The average molecular weight is 328 g/mol. The fourth-order valence-electron chi connectivity index (χ4n) is 3.41. The molecule has 1 aliphatic heterocycles. The second-order valence-electron chi connectivity index (χ2n) is 6.26. The van der Waals surface area contributed by atoms with Crippen molar-refractivity contribution in [2.45, 2.75) is 38.8 Å². The molecule has 0 spiro atoms. The SMILES string of the molecule is CO[C@H](C(=O)N1CCC[C@@H](n2nc(C)nc2C)C1)c1ccccc1. The van der Waals surface area contributed by atoms with Crippen molar-refractivity contribution < 1.29 is 9.53 Å². The largest absolute Gasteiger partial charge is 0.367 e. The summed E-state index contributed by atoms with van der Waals surface area (Å²) < 4.78 is 7.45. The van der Waals surface area contributed by atoms with E-state index in [0.29, 0.717) is 6.54 Å². The number of nitrogens with zero attached hydrogens (tertiary/aromatic N) is 4. The molecule has 2 aromatic rings. The van der Waals surface area contributed by atoms with E-state index in [-0.39, 0.29) is 11.9 Å². The van der Waals surface area contributed by atoms with Gasteiger partial charge in [-0.05, 0) is 32.3 Å². The first-order valence-corrected chi connectivity index (χ1v) is 8.36. The van der Waals surface area contributed by atoms with Gasteiger partial charge in [-0.1, -0.05) is 30.3 Å². The van der Waals surface area contributed by atoms with Crippen LogP contribution in [0.2, 0.25) is 0 Å². The van der Waals surface area contributed by atoms with E-state index in [4.69, 9.17) is 4.74 Å². The highest BCUT2D eigenvalue weighted by atomic mass is 16.5. The van der Waals surface area contributed by atoms with Gasteiger partial charge in [0.15, 0.2) is 6.10 Å². The van der Waals surface area contributed by atoms with Gasteiger partial charge in [0.1, 0.15) is 11.6 Å². The molecule has 1 aliphatic rings. The first kappa shape index (κ1) is 16.6. The van der Waals surface area contributed by atoms with Gasteiger partial charge in [0.25, 0.3) is 5.91 Å². The highest BCUT2D eigenvalue weighted by molar-refractivity contribution is 5.82. The first-order chi connectivity index (χ1) is 11.6. The molecule has 1 aromatic carbocycles. The smallest absolute Gasteiger partial charge is 0.256 e. The van der Waals surface area contributed by atoms with Gasteiger partial charge in [-0.2, -0.15) is 5.10 Å². The van der Waals surface area contributed by atoms with Gasteiger partial charge in [-0.15, -0.1) is 0 Å². The summed E-state index contributed by atoms with van der Waals surface area (Å²) in [7, 11) is 1.59. The molecular formula is C18H24N4O2. The summed E-state index contributed by atoms with van der Waals surface area (Å²) in [6.45, 7) is 5.26. The maximum Gasteiger partial charge on any atom is 0.256 e. The van der Waals surface area contributed by atoms with Crippen LogP contribution in [0, 0.1) is 13.8 Å². The lowest BCUT2D eigenvalue weighted by molar-refractivity contribution is -0.144. The van der Waals surface area contributed by atoms with Crippen LogP contribution in [0.4, 0.5) is 0 Å². The third-order valence-electron chi connectivity index (χ3n) is 4.52. The summed E-state index contributed by atoms with van der Waals surface area (Å²) in [6, 6.07) is 9.83. The van der Waals surface area contributed by atoms with Crippen LogP contribution in [0.5, 0.6) is 0 Å². The van der Waals surface area contributed by atoms with Gasteiger partial charge < -0.3 is 9.64 Å². The molecule has 3 rings (SSSR count). The van der Waals surface area contributed by atoms with Crippen molar-refractivity contribution in [2.75, 3.05) is 20.2 Å². The maximum atomic E-state index is 13.0. The fourth-order valence-corrected chi connectivity index (χ4v) is 3.41. The predicted octanol–water partition coefficient (Wildman–Crippen LogP) is 2.45. The number of hydrogen-bond acceptors (Lipinski definition) is 4. The Morgan fingerprint density at radius 1 is 1.29 bits per heavy atom. The van der Waals surface area contributed by atoms with Gasteiger partial charge in [0, 0.05) is 20.2 Å². The normalized spacial score (nSPS) is 19.3. The summed E-state index contributed by atoms with van der Waals surface area (Å²) in [5.74, 6) is 1.69. The summed E-state index contributed by atoms with van der Waals surface area (Å²) in [5.41, 5.74) is 0.889. The van der Waals surface area contributed by atoms with Gasteiger partial charge >= 0.3 is 0 Å². The van der Waals surface area contributed by atoms with Crippen LogP contribution in [0.15, 0.2) is 30.3 Å². The van der Waals surface area contributed by atoms with Crippen molar-refractivity contribution in [2.24, 2.45) is 0 Å². The van der Waals surface area contributed by atoms with E-state index in [1.807, 2.05) is 53.8 Å². The highest BCUT2D eigenvalue weighted by Crippen LogP contribution is 2.26. The van der Waals surface area contributed by atoms with E-state index in [2.05, 4.69) is 10.1 Å². The van der Waals surface area contributed by atoms with Crippen molar-refractivity contribution in [3.8, 4) is 0 Å². The number of carbonyl (C=O) groups excluding carboxylic acids is 1. The molecule has 0 unspecified atom stereocenters. The number of benzene rings is 1. The zero-order valence-corrected chi connectivity index (χ0v) is 14.5. The average Bonchev–Trinajstić information content (AvgIpc) is 2.95. The molecule has 6 nitrogen and oxygen atoms in total. The lowest BCUT2D eigenvalue weighted by Gasteiger charge is -2.35. The Morgan fingerprint density at radius 2 is 2.04 bits per heavy atom. The number of rotatable bonds is 4. The van der Waals surface area contributed by atoms with Gasteiger partial charge in [-0.3, -0.25) is 4.79 Å². The van der Waals surface area contributed by atoms with Crippen molar-refractivity contribution >= 4 is 5.91 Å². The Balaban J connectivity index is 1.76. The Hall–Kier alpha value is -2.21. The topological polar surface area (TPSA) is 60.2 Å². The van der Waals surface area contributed by atoms with Crippen LogP contribution in [0.25, 0.3) is 0 Å². The summed E-state index contributed by atoms with van der Waals surface area (Å²) in [6.07, 6.45) is 1.42. The Bertz CT molecular complexity index is 698. The minimum Gasteiger partial charge on any atom is -0.367 e. The maximum absolute atomic E-state index is 13.0. The summed E-state index contributed by atoms with van der Waals surface area (Å²) in [4.78, 5) is 19.2. The fraction of sp³-hybridized carbons (Fsp3) is 0.500. The molecule has 0 radical (unpaired) electrons. The number of piperidine rings is 1. The number of hydrogen-bond donors (Lipinski definition) is 0. The third-order valence-corrected chi connectivity index (χ3v) is 4.52. The van der Waals surface area contributed by atoms with Crippen LogP contribution in [-0.2, 0) is 9.53 Å². The van der Waals surface area contributed by atoms with Crippen molar-refractivity contribution in [3.05, 3.63) is 47.5 Å². The molecule has 1 amide bonds. The number of likely N-dealkylation sites (tertiary alicyclic amines) is 1. The zero-order chi connectivity index (χ0) is 17.1. The van der Waals surface area contributed by atoms with E-state index in [1.165, 1.54) is 0 Å². The third kappa shape index (κ3) is 3.33. The molecule has 6 heteroatoms. The second-order valence-corrected chi connectivity index (χ2v) is 6.26. The number of amides is 1. The zero-order valence-electron chi connectivity index (χ0n) is 14.5. The van der Waals surface area contributed by atoms with Crippen LogP contribution in [-0.4, -0.2) is 45.8 Å². The molecule has 0 bridgehead atoms. The lowest BCUT2D eigenvalue weighted by atomic mass is 10.0. The number of ether oxygens (including phenoxy) is 1. The minimum atomic E-state index is -0.552. The van der Waals surface area contributed by atoms with Crippen molar-refractivity contribution in [1.82, 2.24) is 19.7 Å². The standard InChI is InChI=1S/C18H24N4O2/c1-13-19-14(2)22(20-13)16-10-7-11-21(12-16)18(23)17(24-3)15-8-5-4-6-9-15/h4-6,8-9,16-17H,7,10-12H2,1-3H3/t16-,17+/m1/s1. The van der Waals surface area contributed by atoms with Gasteiger partial charge in [0.2, 0.25) is 0 Å². The molecule has 1 saturated heterocycles. The number of aromatic nitrogens is 3. The monoisotopic (exact) mass is 328 g/mol. The Labute approximate surface area is 142 Å². The Kier molecular flexibility index (Phi) is 4.94. The lowest BCUT2D eigenvalue weighted by Crippen LogP contribution is -2.43. The molecule has 0 saturated carbocycles. The van der Waals surface area contributed by atoms with Crippen LogP contribution in [0.3, 0.4) is 0 Å². The molecule has 128 valence electrons. The molecule has 2 atom stereocenters. The van der Waals surface area contributed by atoms with Crippen LogP contribution < -0.4 is 0 Å². The van der Waals surface area contributed by atoms with Crippen molar-refractivity contribution in [3.63, 3.8) is 0 Å². The van der Waals surface area contributed by atoms with E-state index in [9.17, 15) is 4.79 Å². The highest BCUT2D eigenvalue weighted by Gasteiger charge is 2.31.